The van der Waals surface area contributed by atoms with Crippen LogP contribution in [-0.2, 0) is 14.3 Å². The molecule has 0 aromatic heterocycles. The molecule has 0 aliphatic carbocycles. The lowest BCUT2D eigenvalue weighted by Crippen LogP contribution is -2.06. The van der Waals surface area contributed by atoms with Crippen LogP contribution in [-0.4, -0.2) is 25.7 Å². The topological polar surface area (TPSA) is 52.6 Å². The van der Waals surface area contributed by atoms with E-state index in [2.05, 4.69) is 4.74 Å². The molecule has 0 N–H and O–H groups in total. The second kappa shape index (κ2) is 13.6. The summed E-state index contributed by atoms with van der Waals surface area (Å²) in [7, 11) is 1.44. The van der Waals surface area contributed by atoms with Crippen LogP contribution in [0.1, 0.15) is 74.6 Å². The van der Waals surface area contributed by atoms with Crippen molar-refractivity contribution in [3.05, 3.63) is 35.9 Å². The van der Waals surface area contributed by atoms with Gasteiger partial charge in [0.15, 0.2) is 0 Å². The molecule has 1 rings (SSSR count). The first kappa shape index (κ1) is 20.2. The van der Waals surface area contributed by atoms with Gasteiger partial charge in [-0.05, 0) is 25.0 Å². The van der Waals surface area contributed by atoms with Crippen molar-refractivity contribution >= 4 is 11.9 Å². The molecule has 0 amide bonds. The van der Waals surface area contributed by atoms with Gasteiger partial charge in [0.05, 0.1) is 19.3 Å². The number of benzene rings is 1. The van der Waals surface area contributed by atoms with Crippen LogP contribution in [0.15, 0.2) is 30.3 Å². The second-order valence-corrected chi connectivity index (χ2v) is 6.01. The molecule has 0 saturated carbocycles. The van der Waals surface area contributed by atoms with E-state index in [1.807, 2.05) is 18.2 Å². The smallest absolute Gasteiger partial charge is 0.338 e. The number of carbonyl (C=O) groups is 2. The minimum Gasteiger partial charge on any atom is -0.469 e. The Morgan fingerprint density at radius 2 is 1.33 bits per heavy atom. The van der Waals surface area contributed by atoms with E-state index in [-0.39, 0.29) is 11.9 Å². The van der Waals surface area contributed by atoms with Gasteiger partial charge >= 0.3 is 11.9 Å². The SMILES string of the molecule is COC(=O)CCCCCCCCCCCOC(=O)c1ccccc1. The summed E-state index contributed by atoms with van der Waals surface area (Å²) in [4.78, 5) is 22.7. The number of rotatable bonds is 13. The Morgan fingerprint density at radius 3 is 1.92 bits per heavy atom. The largest absolute Gasteiger partial charge is 0.469 e. The number of hydrogen-bond donors (Lipinski definition) is 0. The molecule has 1 aromatic rings. The van der Waals surface area contributed by atoms with E-state index in [0.29, 0.717) is 18.6 Å². The van der Waals surface area contributed by atoms with Gasteiger partial charge in [0.25, 0.3) is 0 Å². The predicted octanol–water partition coefficient (Wildman–Crippen LogP) is 4.92. The van der Waals surface area contributed by atoms with Gasteiger partial charge in [0.1, 0.15) is 0 Å². The highest BCUT2D eigenvalue weighted by molar-refractivity contribution is 5.89. The first-order chi connectivity index (χ1) is 11.7. The zero-order chi connectivity index (χ0) is 17.5. The molecule has 0 radical (unpaired) electrons. The molecule has 0 spiro atoms. The zero-order valence-corrected chi connectivity index (χ0v) is 14.8. The minimum atomic E-state index is -0.234. The maximum absolute atomic E-state index is 11.7. The van der Waals surface area contributed by atoms with Crippen LogP contribution in [0.2, 0.25) is 0 Å². The molecule has 0 unspecified atom stereocenters. The average molecular weight is 334 g/mol. The summed E-state index contributed by atoms with van der Waals surface area (Å²) in [6.45, 7) is 0.501. The predicted molar refractivity (Wildman–Crippen MR) is 94.9 cm³/mol. The number of hydrogen-bond acceptors (Lipinski definition) is 4. The van der Waals surface area contributed by atoms with E-state index in [9.17, 15) is 9.59 Å². The molecule has 0 saturated heterocycles. The summed E-state index contributed by atoms with van der Waals surface area (Å²) < 4.78 is 9.86. The normalized spacial score (nSPS) is 10.4. The average Bonchev–Trinajstić information content (AvgIpc) is 2.62. The van der Waals surface area contributed by atoms with Crippen molar-refractivity contribution in [2.75, 3.05) is 13.7 Å². The number of ether oxygens (including phenoxy) is 2. The van der Waals surface area contributed by atoms with Gasteiger partial charge < -0.3 is 9.47 Å². The third-order valence-corrected chi connectivity index (χ3v) is 4.00. The van der Waals surface area contributed by atoms with Crippen LogP contribution in [0.5, 0.6) is 0 Å². The Morgan fingerprint density at radius 1 is 0.792 bits per heavy atom. The number of esters is 2. The summed E-state index contributed by atoms with van der Waals surface area (Å²) in [6, 6.07) is 9.11. The summed E-state index contributed by atoms with van der Waals surface area (Å²) in [5.74, 6) is -0.342. The van der Waals surface area contributed by atoms with Crippen LogP contribution < -0.4 is 0 Å². The summed E-state index contributed by atoms with van der Waals surface area (Å²) >= 11 is 0. The van der Waals surface area contributed by atoms with Crippen molar-refractivity contribution in [2.24, 2.45) is 0 Å². The van der Waals surface area contributed by atoms with Crippen LogP contribution in [0.25, 0.3) is 0 Å². The van der Waals surface area contributed by atoms with Gasteiger partial charge in [0.2, 0.25) is 0 Å². The molecule has 24 heavy (non-hydrogen) atoms. The van der Waals surface area contributed by atoms with E-state index in [0.717, 1.165) is 25.7 Å². The van der Waals surface area contributed by atoms with Crippen LogP contribution in [0, 0.1) is 0 Å². The Kier molecular flexibility index (Phi) is 11.4. The van der Waals surface area contributed by atoms with E-state index >= 15 is 0 Å². The molecular weight excluding hydrogens is 304 g/mol. The summed E-state index contributed by atoms with van der Waals surface area (Å²) in [6.07, 6.45) is 10.7. The molecule has 1 aromatic carbocycles. The van der Waals surface area contributed by atoms with Crippen molar-refractivity contribution in [2.45, 2.75) is 64.2 Å². The van der Waals surface area contributed by atoms with Crippen molar-refractivity contribution in [3.8, 4) is 0 Å². The number of methoxy groups -OCH3 is 1. The Balaban J connectivity index is 1.84. The van der Waals surface area contributed by atoms with Crippen LogP contribution in [0.3, 0.4) is 0 Å². The summed E-state index contributed by atoms with van der Waals surface area (Å²) in [5.41, 5.74) is 0.615. The standard InChI is InChI=1S/C20H30O4/c1-23-19(21)16-12-7-5-3-2-4-6-8-13-17-24-20(22)18-14-10-9-11-15-18/h9-11,14-15H,2-8,12-13,16-17H2,1H3. The zero-order valence-electron chi connectivity index (χ0n) is 14.8. The lowest BCUT2D eigenvalue weighted by Gasteiger charge is -2.05. The fraction of sp³-hybridized carbons (Fsp3) is 0.600. The molecular formula is C20H30O4. The van der Waals surface area contributed by atoms with Crippen molar-refractivity contribution in [1.29, 1.82) is 0 Å². The molecule has 0 atom stereocenters. The molecule has 4 nitrogen and oxygen atoms in total. The van der Waals surface area contributed by atoms with Gasteiger partial charge in [-0.1, -0.05) is 63.1 Å². The van der Waals surface area contributed by atoms with E-state index < -0.39 is 0 Å². The van der Waals surface area contributed by atoms with E-state index in [1.165, 1.54) is 39.2 Å². The van der Waals surface area contributed by atoms with E-state index in [1.54, 1.807) is 12.1 Å². The van der Waals surface area contributed by atoms with E-state index in [4.69, 9.17) is 4.74 Å². The van der Waals surface area contributed by atoms with Gasteiger partial charge in [-0.2, -0.15) is 0 Å². The Hall–Kier alpha value is -1.84. The highest BCUT2D eigenvalue weighted by Gasteiger charge is 2.04. The minimum absolute atomic E-state index is 0.108. The van der Waals surface area contributed by atoms with Gasteiger partial charge in [-0.3, -0.25) is 4.79 Å². The van der Waals surface area contributed by atoms with Crippen molar-refractivity contribution < 1.29 is 19.1 Å². The molecule has 0 fully saturated rings. The third-order valence-electron chi connectivity index (χ3n) is 4.00. The number of unbranched alkanes of at least 4 members (excludes halogenated alkanes) is 8. The molecule has 0 heterocycles. The number of carbonyl (C=O) groups excluding carboxylic acids is 2. The maximum Gasteiger partial charge on any atom is 0.338 e. The quantitative estimate of drug-likeness (QED) is 0.379. The first-order valence-electron chi connectivity index (χ1n) is 9.03. The first-order valence-corrected chi connectivity index (χ1v) is 9.03. The monoisotopic (exact) mass is 334 g/mol. The maximum atomic E-state index is 11.7. The lowest BCUT2D eigenvalue weighted by atomic mass is 10.1. The van der Waals surface area contributed by atoms with Crippen LogP contribution >= 0.6 is 0 Å². The Bertz CT molecular complexity index is 456. The molecule has 0 aliphatic heterocycles. The highest BCUT2D eigenvalue weighted by atomic mass is 16.5. The van der Waals surface area contributed by atoms with Gasteiger partial charge in [-0.15, -0.1) is 0 Å². The van der Waals surface area contributed by atoms with Crippen LogP contribution in [0.4, 0.5) is 0 Å². The second-order valence-electron chi connectivity index (χ2n) is 6.01. The third kappa shape index (κ3) is 10.0. The van der Waals surface area contributed by atoms with Crippen molar-refractivity contribution in [3.63, 3.8) is 0 Å². The summed E-state index contributed by atoms with van der Waals surface area (Å²) in [5, 5.41) is 0. The van der Waals surface area contributed by atoms with Gasteiger partial charge in [0, 0.05) is 6.42 Å². The fourth-order valence-corrected chi connectivity index (χ4v) is 2.53. The van der Waals surface area contributed by atoms with Gasteiger partial charge in [-0.25, -0.2) is 4.79 Å². The van der Waals surface area contributed by atoms with Crippen molar-refractivity contribution in [1.82, 2.24) is 0 Å². The molecule has 0 bridgehead atoms. The molecule has 0 aliphatic rings. The molecule has 4 heteroatoms. The Labute approximate surface area is 145 Å². The lowest BCUT2D eigenvalue weighted by molar-refractivity contribution is -0.140. The highest BCUT2D eigenvalue weighted by Crippen LogP contribution is 2.11. The molecule has 134 valence electrons. The fourth-order valence-electron chi connectivity index (χ4n) is 2.53.